The molecule has 0 unspecified atom stereocenters. The highest BCUT2D eigenvalue weighted by molar-refractivity contribution is 7.89. The van der Waals surface area contributed by atoms with Crippen molar-refractivity contribution in [2.24, 2.45) is 0 Å². The van der Waals surface area contributed by atoms with Gasteiger partial charge in [-0.2, -0.15) is 0 Å². The molecule has 2 aliphatic rings. The molecule has 1 amide bonds. The van der Waals surface area contributed by atoms with E-state index >= 15 is 0 Å². The third-order valence-electron chi connectivity index (χ3n) is 6.88. The van der Waals surface area contributed by atoms with Crippen molar-refractivity contribution in [3.63, 3.8) is 0 Å². The van der Waals surface area contributed by atoms with Gasteiger partial charge < -0.3 is 10.6 Å². The minimum Gasteiger partial charge on any atom is -0.354 e. The third kappa shape index (κ3) is 6.41. The number of rotatable bonds is 7. The largest absolute Gasteiger partial charge is 0.354 e. The number of likely N-dealkylation sites (tertiary alicyclic amines) is 1. The molecule has 0 atom stereocenters. The fourth-order valence-electron chi connectivity index (χ4n) is 5.12. The molecule has 0 aromatic heterocycles. The van der Waals surface area contributed by atoms with Crippen molar-refractivity contribution in [2.45, 2.75) is 57.0 Å². The lowest BCUT2D eigenvalue weighted by atomic mass is 10.00. The van der Waals surface area contributed by atoms with Crippen molar-refractivity contribution in [2.75, 3.05) is 23.7 Å². The molecule has 0 radical (unpaired) electrons. The average molecular weight is 545 g/mol. The van der Waals surface area contributed by atoms with Crippen molar-refractivity contribution >= 4 is 38.6 Å². The Balaban J connectivity index is 1.52. The molecule has 0 saturated carbocycles. The Labute approximate surface area is 231 Å². The maximum atomic E-state index is 13.3. The van der Waals surface area contributed by atoms with Crippen molar-refractivity contribution < 1.29 is 13.2 Å². The second-order valence-electron chi connectivity index (χ2n) is 11.3. The zero-order valence-electron chi connectivity index (χ0n) is 22.8. The summed E-state index contributed by atoms with van der Waals surface area (Å²) in [6, 6.07) is 22.7. The Bertz CT molecular complexity index is 1490. The maximum absolute atomic E-state index is 13.3. The van der Waals surface area contributed by atoms with Gasteiger partial charge in [0.1, 0.15) is 0 Å². The highest BCUT2D eigenvalue weighted by Gasteiger charge is 2.31. The number of carbonyl (C=O) groups excluding carboxylic acids is 1. The zero-order valence-corrected chi connectivity index (χ0v) is 23.6. The standard InChI is InChI=1S/C31H36N4O3S/c1-31(2,3)34-39(37,38)25-16-17-27-26(20-25)28(30(36)33-27)29(23-10-6-4-7-11-23)32-24-14-12-22(13-15-24)21-35-18-8-5-9-19-35/h4,6-7,10-17,20,32,34H,5,8-9,18-19,21H2,1-3H3,(H,33,36)/b29-28-. The van der Waals surface area contributed by atoms with Gasteiger partial charge >= 0.3 is 0 Å². The number of benzene rings is 3. The Kier molecular flexibility index (Phi) is 7.62. The van der Waals surface area contributed by atoms with Crippen LogP contribution in [0, 0.1) is 0 Å². The molecule has 1 saturated heterocycles. The molecular weight excluding hydrogens is 508 g/mol. The SMILES string of the molecule is CC(C)(C)NS(=O)(=O)c1ccc2c(c1)/C(=C(/Nc1ccc(CN3CCCCC3)cc1)c1ccccc1)C(=O)N2. The van der Waals surface area contributed by atoms with Gasteiger partial charge in [-0.3, -0.25) is 9.69 Å². The average Bonchev–Trinajstić information content (AvgIpc) is 3.23. The number of sulfonamides is 1. The topological polar surface area (TPSA) is 90.5 Å². The van der Waals surface area contributed by atoms with Crippen LogP contribution in [-0.2, 0) is 21.4 Å². The molecule has 7 nitrogen and oxygen atoms in total. The quantitative estimate of drug-likeness (QED) is 0.333. The fraction of sp³-hybridized carbons (Fsp3) is 0.323. The number of nitrogens with zero attached hydrogens (tertiary/aromatic N) is 1. The lowest BCUT2D eigenvalue weighted by molar-refractivity contribution is -0.110. The molecule has 2 heterocycles. The second kappa shape index (κ2) is 11.0. The Morgan fingerprint density at radius 1 is 0.923 bits per heavy atom. The predicted octanol–water partition coefficient (Wildman–Crippen LogP) is 5.68. The molecule has 0 bridgehead atoms. The van der Waals surface area contributed by atoms with Gasteiger partial charge in [-0.05, 0) is 88.2 Å². The number of carbonyl (C=O) groups is 1. The smallest absolute Gasteiger partial charge is 0.258 e. The molecule has 1 fully saturated rings. The molecule has 5 rings (SSSR count). The Morgan fingerprint density at radius 2 is 1.62 bits per heavy atom. The summed E-state index contributed by atoms with van der Waals surface area (Å²) in [4.78, 5) is 15.9. The first-order valence-electron chi connectivity index (χ1n) is 13.5. The first kappa shape index (κ1) is 27.1. The summed E-state index contributed by atoms with van der Waals surface area (Å²) in [6.45, 7) is 8.60. The molecule has 8 heteroatoms. The molecule has 3 aromatic rings. The summed E-state index contributed by atoms with van der Waals surface area (Å²) in [7, 11) is -3.78. The maximum Gasteiger partial charge on any atom is 0.258 e. The van der Waals surface area contributed by atoms with Crippen LogP contribution < -0.4 is 15.4 Å². The van der Waals surface area contributed by atoms with E-state index in [-0.39, 0.29) is 10.8 Å². The van der Waals surface area contributed by atoms with Gasteiger partial charge in [0, 0.05) is 29.0 Å². The second-order valence-corrected chi connectivity index (χ2v) is 13.0. The van der Waals surface area contributed by atoms with Gasteiger partial charge in [0.2, 0.25) is 10.0 Å². The van der Waals surface area contributed by atoms with Gasteiger partial charge in [-0.1, -0.05) is 48.9 Å². The van der Waals surface area contributed by atoms with Crippen molar-refractivity contribution in [3.05, 3.63) is 89.5 Å². The van der Waals surface area contributed by atoms with Gasteiger partial charge in [-0.25, -0.2) is 13.1 Å². The van der Waals surface area contributed by atoms with Gasteiger partial charge in [-0.15, -0.1) is 0 Å². The molecule has 3 N–H and O–H groups in total. The number of hydrogen-bond acceptors (Lipinski definition) is 5. The van der Waals surface area contributed by atoms with Gasteiger partial charge in [0.15, 0.2) is 0 Å². The number of anilines is 2. The van der Waals surface area contributed by atoms with E-state index in [1.54, 1.807) is 32.9 Å². The van der Waals surface area contributed by atoms with E-state index in [1.807, 2.05) is 42.5 Å². The summed E-state index contributed by atoms with van der Waals surface area (Å²) >= 11 is 0. The van der Waals surface area contributed by atoms with Gasteiger partial charge in [0.05, 0.1) is 16.2 Å². The van der Waals surface area contributed by atoms with Crippen LogP contribution in [0.25, 0.3) is 11.3 Å². The van der Waals surface area contributed by atoms with Gasteiger partial charge in [0.25, 0.3) is 5.91 Å². The molecule has 3 aromatic carbocycles. The number of hydrogen-bond donors (Lipinski definition) is 3. The van der Waals surface area contributed by atoms with E-state index in [9.17, 15) is 13.2 Å². The lowest BCUT2D eigenvalue weighted by Gasteiger charge is -2.26. The Morgan fingerprint density at radius 3 is 2.28 bits per heavy atom. The minimum atomic E-state index is -3.78. The number of amides is 1. The van der Waals surface area contributed by atoms with Crippen LogP contribution in [0.15, 0.2) is 77.7 Å². The summed E-state index contributed by atoms with van der Waals surface area (Å²) in [5, 5.41) is 6.38. The summed E-state index contributed by atoms with van der Waals surface area (Å²) in [5.41, 5.74) is 4.44. The van der Waals surface area contributed by atoms with E-state index in [2.05, 4.69) is 32.4 Å². The fourth-order valence-corrected chi connectivity index (χ4v) is 6.57. The normalized spacial score (nSPS) is 17.5. The van der Waals surface area contributed by atoms with E-state index in [4.69, 9.17) is 0 Å². The van der Waals surface area contributed by atoms with Crippen molar-refractivity contribution in [1.82, 2.24) is 9.62 Å². The minimum absolute atomic E-state index is 0.111. The predicted molar refractivity (Wildman–Crippen MR) is 158 cm³/mol. The van der Waals surface area contributed by atoms with E-state index < -0.39 is 15.6 Å². The van der Waals surface area contributed by atoms with Crippen LogP contribution in [0.3, 0.4) is 0 Å². The Hall–Kier alpha value is -3.46. The zero-order chi connectivity index (χ0) is 27.6. The van der Waals surface area contributed by atoms with Crippen molar-refractivity contribution in [3.8, 4) is 0 Å². The monoisotopic (exact) mass is 544 g/mol. The van der Waals surface area contributed by atoms with E-state index in [0.717, 1.165) is 30.9 Å². The highest BCUT2D eigenvalue weighted by Crippen LogP contribution is 2.39. The lowest BCUT2D eigenvalue weighted by Crippen LogP contribution is -2.40. The molecule has 2 aliphatic heterocycles. The van der Waals surface area contributed by atoms with Crippen LogP contribution in [-0.4, -0.2) is 37.9 Å². The summed E-state index contributed by atoms with van der Waals surface area (Å²) < 4.78 is 28.9. The highest BCUT2D eigenvalue weighted by atomic mass is 32.2. The number of nitrogens with one attached hydrogen (secondary N) is 3. The first-order valence-corrected chi connectivity index (χ1v) is 15.0. The molecule has 204 valence electrons. The molecule has 39 heavy (non-hydrogen) atoms. The third-order valence-corrected chi connectivity index (χ3v) is 8.63. The van der Waals surface area contributed by atoms with Crippen LogP contribution in [0.1, 0.15) is 56.7 Å². The van der Waals surface area contributed by atoms with Crippen LogP contribution in [0.5, 0.6) is 0 Å². The molecule has 0 spiro atoms. The summed E-state index contributed by atoms with van der Waals surface area (Å²) in [6.07, 6.45) is 3.83. The van der Waals surface area contributed by atoms with Crippen molar-refractivity contribution in [1.29, 1.82) is 0 Å². The van der Waals surface area contributed by atoms with E-state index in [0.29, 0.717) is 22.5 Å². The van der Waals surface area contributed by atoms with Crippen LogP contribution in [0.2, 0.25) is 0 Å². The van der Waals surface area contributed by atoms with E-state index in [1.165, 1.54) is 30.9 Å². The first-order chi connectivity index (χ1) is 18.6. The number of fused-ring (bicyclic) bond motifs is 1. The van der Waals surface area contributed by atoms with Crippen LogP contribution in [0.4, 0.5) is 11.4 Å². The molecule has 0 aliphatic carbocycles. The summed E-state index contributed by atoms with van der Waals surface area (Å²) in [5.74, 6) is -0.281. The molecular formula is C31H36N4O3S. The number of piperidine rings is 1. The van der Waals surface area contributed by atoms with Crippen LogP contribution >= 0.6 is 0 Å².